The summed E-state index contributed by atoms with van der Waals surface area (Å²) < 4.78 is 25.7. The predicted molar refractivity (Wildman–Crippen MR) is 81.4 cm³/mol. The molecule has 1 unspecified atom stereocenters. The lowest BCUT2D eigenvalue weighted by molar-refractivity contribution is -0.115. The number of hydrogen-bond donors (Lipinski definition) is 1. The Morgan fingerprint density at radius 1 is 1.05 bits per heavy atom. The van der Waals surface area contributed by atoms with Gasteiger partial charge in [-0.3, -0.25) is 4.79 Å². The fourth-order valence-corrected chi connectivity index (χ4v) is 2.71. The number of anilines is 1. The summed E-state index contributed by atoms with van der Waals surface area (Å²) in [5, 5.41) is 2.46. The molecule has 1 amide bonds. The van der Waals surface area contributed by atoms with Crippen molar-refractivity contribution < 1.29 is 13.6 Å². The summed E-state index contributed by atoms with van der Waals surface area (Å²) in [5.41, 5.74) is 0.555. The Labute approximate surface area is 126 Å². The number of nitrogens with one attached hydrogen (secondary N) is 1. The van der Waals surface area contributed by atoms with E-state index in [1.807, 2.05) is 6.92 Å². The molecule has 5 heteroatoms. The van der Waals surface area contributed by atoms with Crippen molar-refractivity contribution in [2.45, 2.75) is 23.5 Å². The third kappa shape index (κ3) is 4.56. The molecule has 1 atom stereocenters. The zero-order valence-electron chi connectivity index (χ0n) is 11.5. The summed E-state index contributed by atoms with van der Waals surface area (Å²) in [5.74, 6) is -0.803. The van der Waals surface area contributed by atoms with Crippen molar-refractivity contribution in [3.8, 4) is 0 Å². The third-order valence-corrected chi connectivity index (χ3v) is 4.24. The maximum absolute atomic E-state index is 12.9. The van der Waals surface area contributed by atoms with Crippen LogP contribution in [-0.4, -0.2) is 11.2 Å². The van der Waals surface area contributed by atoms with Crippen LogP contribution in [0.15, 0.2) is 53.4 Å². The summed E-state index contributed by atoms with van der Waals surface area (Å²) in [4.78, 5) is 13.0. The van der Waals surface area contributed by atoms with Gasteiger partial charge in [0.25, 0.3) is 0 Å². The molecule has 0 aliphatic carbocycles. The fraction of sp³-hybridized carbons (Fsp3) is 0.188. The van der Waals surface area contributed by atoms with Crippen molar-refractivity contribution in [2.75, 3.05) is 5.32 Å². The van der Waals surface area contributed by atoms with E-state index in [2.05, 4.69) is 5.32 Å². The number of rotatable bonds is 5. The van der Waals surface area contributed by atoms with E-state index in [4.69, 9.17) is 0 Å². The summed E-state index contributed by atoms with van der Waals surface area (Å²) in [7, 11) is 0. The van der Waals surface area contributed by atoms with Crippen LogP contribution in [0.3, 0.4) is 0 Å². The molecule has 0 bridgehead atoms. The molecule has 0 saturated heterocycles. The van der Waals surface area contributed by atoms with E-state index in [-0.39, 0.29) is 22.8 Å². The SMILES string of the molecule is CCC(Sc1ccc(F)cc1)C(=O)Nc1ccc(F)cc1. The van der Waals surface area contributed by atoms with E-state index >= 15 is 0 Å². The normalized spacial score (nSPS) is 12.0. The first-order chi connectivity index (χ1) is 10.1. The van der Waals surface area contributed by atoms with Crippen LogP contribution in [0.25, 0.3) is 0 Å². The van der Waals surface area contributed by atoms with Gasteiger partial charge in [0.2, 0.25) is 5.91 Å². The van der Waals surface area contributed by atoms with Gasteiger partial charge in [-0.2, -0.15) is 0 Å². The molecule has 1 N–H and O–H groups in total. The van der Waals surface area contributed by atoms with Crippen molar-refractivity contribution in [3.05, 3.63) is 60.2 Å². The molecule has 0 aromatic heterocycles. The van der Waals surface area contributed by atoms with E-state index in [1.165, 1.54) is 48.2 Å². The van der Waals surface area contributed by atoms with Crippen LogP contribution in [0.1, 0.15) is 13.3 Å². The molecular formula is C16H15F2NOS. The van der Waals surface area contributed by atoms with Gasteiger partial charge < -0.3 is 5.32 Å². The number of carbonyl (C=O) groups excluding carboxylic acids is 1. The van der Waals surface area contributed by atoms with Crippen LogP contribution >= 0.6 is 11.8 Å². The van der Waals surface area contributed by atoms with Crippen LogP contribution in [0.4, 0.5) is 14.5 Å². The maximum atomic E-state index is 12.9. The van der Waals surface area contributed by atoms with Gasteiger partial charge in [0.1, 0.15) is 11.6 Å². The molecule has 0 spiro atoms. The first kappa shape index (κ1) is 15.5. The first-order valence-electron chi connectivity index (χ1n) is 6.57. The minimum absolute atomic E-state index is 0.154. The van der Waals surface area contributed by atoms with Gasteiger partial charge in [-0.1, -0.05) is 6.92 Å². The molecular weight excluding hydrogens is 292 g/mol. The molecule has 0 saturated carbocycles. The molecule has 0 radical (unpaired) electrons. The number of benzene rings is 2. The van der Waals surface area contributed by atoms with Crippen LogP contribution in [0.5, 0.6) is 0 Å². The summed E-state index contributed by atoms with van der Waals surface area (Å²) in [6, 6.07) is 11.7. The molecule has 2 aromatic carbocycles. The highest BCUT2D eigenvalue weighted by atomic mass is 32.2. The zero-order chi connectivity index (χ0) is 15.2. The smallest absolute Gasteiger partial charge is 0.237 e. The summed E-state index contributed by atoms with van der Waals surface area (Å²) in [6.45, 7) is 1.91. The first-order valence-corrected chi connectivity index (χ1v) is 7.45. The van der Waals surface area contributed by atoms with Crippen molar-refractivity contribution in [1.82, 2.24) is 0 Å². The van der Waals surface area contributed by atoms with Gasteiger partial charge in [-0.05, 0) is 55.0 Å². The minimum Gasteiger partial charge on any atom is -0.325 e. The Kier molecular flexibility index (Phi) is 5.33. The average Bonchev–Trinajstić information content (AvgIpc) is 2.49. The van der Waals surface area contributed by atoms with E-state index in [9.17, 15) is 13.6 Å². The van der Waals surface area contributed by atoms with Crippen molar-refractivity contribution in [1.29, 1.82) is 0 Å². The highest BCUT2D eigenvalue weighted by Crippen LogP contribution is 2.26. The number of amides is 1. The molecule has 0 aliphatic heterocycles. The molecule has 0 aliphatic rings. The van der Waals surface area contributed by atoms with E-state index in [0.717, 1.165) is 4.90 Å². The quantitative estimate of drug-likeness (QED) is 0.826. The van der Waals surface area contributed by atoms with E-state index in [0.29, 0.717) is 12.1 Å². The second-order valence-corrected chi connectivity index (χ2v) is 5.74. The van der Waals surface area contributed by atoms with Gasteiger partial charge in [0, 0.05) is 10.6 Å². The Morgan fingerprint density at radius 2 is 1.57 bits per heavy atom. The maximum Gasteiger partial charge on any atom is 0.237 e. The lowest BCUT2D eigenvalue weighted by atomic mass is 10.2. The van der Waals surface area contributed by atoms with Gasteiger partial charge in [0.15, 0.2) is 0 Å². The topological polar surface area (TPSA) is 29.1 Å². The van der Waals surface area contributed by atoms with E-state index < -0.39 is 0 Å². The largest absolute Gasteiger partial charge is 0.325 e. The third-order valence-electron chi connectivity index (χ3n) is 2.87. The lowest BCUT2D eigenvalue weighted by Crippen LogP contribution is -2.24. The molecule has 21 heavy (non-hydrogen) atoms. The number of thioether (sulfide) groups is 1. The Morgan fingerprint density at radius 3 is 2.10 bits per heavy atom. The van der Waals surface area contributed by atoms with Crippen LogP contribution in [0, 0.1) is 11.6 Å². The Hall–Kier alpha value is -1.88. The summed E-state index contributed by atoms with van der Waals surface area (Å²) in [6.07, 6.45) is 0.634. The van der Waals surface area contributed by atoms with Gasteiger partial charge in [0.05, 0.1) is 5.25 Å². The van der Waals surface area contributed by atoms with Gasteiger partial charge in [-0.15, -0.1) is 11.8 Å². The van der Waals surface area contributed by atoms with Crippen molar-refractivity contribution >= 4 is 23.4 Å². The minimum atomic E-state index is -0.347. The number of hydrogen-bond acceptors (Lipinski definition) is 2. The molecule has 110 valence electrons. The molecule has 0 fully saturated rings. The molecule has 2 rings (SSSR count). The zero-order valence-corrected chi connectivity index (χ0v) is 12.3. The van der Waals surface area contributed by atoms with E-state index in [1.54, 1.807) is 12.1 Å². The second-order valence-electron chi connectivity index (χ2n) is 4.46. The Balaban J connectivity index is 2.01. The second kappa shape index (κ2) is 7.22. The van der Waals surface area contributed by atoms with Crippen molar-refractivity contribution in [2.24, 2.45) is 0 Å². The van der Waals surface area contributed by atoms with Crippen LogP contribution in [-0.2, 0) is 4.79 Å². The summed E-state index contributed by atoms with van der Waals surface area (Å²) >= 11 is 1.38. The average molecular weight is 307 g/mol. The standard InChI is InChI=1S/C16H15F2NOS/c1-2-15(21-14-9-5-12(18)6-10-14)16(20)19-13-7-3-11(17)4-8-13/h3-10,15H,2H2,1H3,(H,19,20). The van der Waals surface area contributed by atoms with Gasteiger partial charge >= 0.3 is 0 Å². The van der Waals surface area contributed by atoms with Crippen molar-refractivity contribution in [3.63, 3.8) is 0 Å². The monoisotopic (exact) mass is 307 g/mol. The lowest BCUT2D eigenvalue weighted by Gasteiger charge is -2.14. The van der Waals surface area contributed by atoms with Crippen LogP contribution in [0.2, 0.25) is 0 Å². The predicted octanol–water partition coefficient (Wildman–Crippen LogP) is 4.47. The molecule has 0 heterocycles. The number of halogens is 2. The molecule has 2 aromatic rings. The Bertz CT molecular complexity index is 599. The van der Waals surface area contributed by atoms with Gasteiger partial charge in [-0.25, -0.2) is 8.78 Å². The fourth-order valence-electron chi connectivity index (χ4n) is 1.76. The molecule has 2 nitrogen and oxygen atoms in total. The highest BCUT2D eigenvalue weighted by Gasteiger charge is 2.18. The highest BCUT2D eigenvalue weighted by molar-refractivity contribution is 8.00. The van der Waals surface area contributed by atoms with Crippen LogP contribution < -0.4 is 5.32 Å². The number of carbonyl (C=O) groups is 1.